The van der Waals surface area contributed by atoms with E-state index >= 15 is 0 Å². The van der Waals surface area contributed by atoms with Gasteiger partial charge in [-0.25, -0.2) is 0 Å². The van der Waals surface area contributed by atoms with Crippen molar-refractivity contribution in [3.05, 3.63) is 69.7 Å². The fraction of sp³-hybridized carbons (Fsp3) is 0.500. The monoisotopic (exact) mass is 548 g/mol. The lowest BCUT2D eigenvalue weighted by molar-refractivity contribution is -0.131. The quantitative estimate of drug-likeness (QED) is 0.420. The molecule has 1 amide bonds. The maximum atomic E-state index is 12.7. The minimum Gasteiger partial charge on any atom is -0.448 e. The molecule has 5 rings (SSSR count). The standard InChI is InChI=1S/C20H27ClN4O3.C6H5Cl.C2H6/c1-3-19-7-6-13(9-20(19,22)11(2)23-18(19)27)14-5-4-12(8-15(14)21)17-25-24-16(10-26)28-17;7-6-4-2-1-3-5-6;1-2/h4-5,8,11,13,16,24,26H,3,6-7,9-10,22H2,1-2H3,(H,23,27);1-5H;1-2H3. The first kappa shape index (κ1) is 29.2. The Bertz CT molecular complexity index is 1100. The number of hydrogen-bond donors (Lipinski definition) is 4. The molecule has 7 nitrogen and oxygen atoms in total. The lowest BCUT2D eigenvalue weighted by Crippen LogP contribution is -2.61. The van der Waals surface area contributed by atoms with E-state index in [1.54, 1.807) is 0 Å². The SMILES string of the molecule is CC.CCC12CCC(c3ccc(C4=NNC(CO)O4)cc3Cl)CC1(N)C(C)NC2=O.Clc1ccccc1. The number of hydrazone groups is 1. The Balaban J connectivity index is 0.000000361. The van der Waals surface area contributed by atoms with Crippen LogP contribution in [0.4, 0.5) is 0 Å². The Morgan fingerprint density at radius 1 is 1.19 bits per heavy atom. The topological polar surface area (TPSA) is 109 Å². The predicted molar refractivity (Wildman–Crippen MR) is 150 cm³/mol. The number of nitrogens with two attached hydrogens (primary N) is 1. The van der Waals surface area contributed by atoms with Crippen molar-refractivity contribution in [1.29, 1.82) is 0 Å². The molecule has 5 N–H and O–H groups in total. The molecule has 1 saturated carbocycles. The van der Waals surface area contributed by atoms with Crippen molar-refractivity contribution in [2.75, 3.05) is 6.61 Å². The van der Waals surface area contributed by atoms with Gasteiger partial charge in [-0.05, 0) is 68.4 Å². The Hall–Kier alpha value is -2.32. The minimum atomic E-state index is -0.583. The lowest BCUT2D eigenvalue weighted by atomic mass is 9.56. The van der Waals surface area contributed by atoms with E-state index in [1.807, 2.05) is 69.3 Å². The smallest absolute Gasteiger partial charge is 0.240 e. The van der Waals surface area contributed by atoms with Gasteiger partial charge in [0.05, 0.1) is 11.0 Å². The molecular weight excluding hydrogens is 511 g/mol. The van der Waals surface area contributed by atoms with E-state index in [9.17, 15) is 4.79 Å². The maximum Gasteiger partial charge on any atom is 0.240 e. The molecule has 202 valence electrons. The zero-order valence-electron chi connectivity index (χ0n) is 21.9. The number of carbonyl (C=O) groups excluding carboxylic acids is 1. The molecule has 0 bridgehead atoms. The second-order valence-corrected chi connectivity index (χ2v) is 10.3. The fourth-order valence-corrected chi connectivity index (χ4v) is 6.09. The Kier molecular flexibility index (Phi) is 9.86. The molecule has 1 aliphatic carbocycles. The largest absolute Gasteiger partial charge is 0.448 e. The van der Waals surface area contributed by atoms with E-state index in [0.717, 1.165) is 35.4 Å². The van der Waals surface area contributed by atoms with Crippen LogP contribution in [0.15, 0.2) is 53.6 Å². The number of rotatable bonds is 4. The number of amides is 1. The van der Waals surface area contributed by atoms with Gasteiger partial charge in [0.1, 0.15) is 6.61 Å². The molecule has 0 spiro atoms. The van der Waals surface area contributed by atoms with E-state index in [-0.39, 0.29) is 24.5 Å². The third-order valence-corrected chi connectivity index (χ3v) is 8.28. The molecule has 2 fully saturated rings. The Morgan fingerprint density at radius 2 is 1.89 bits per heavy atom. The highest BCUT2D eigenvalue weighted by Crippen LogP contribution is 2.55. The molecular formula is C28H38Cl2N4O3. The number of fused-ring (bicyclic) bond motifs is 1. The highest BCUT2D eigenvalue weighted by molar-refractivity contribution is 6.32. The molecule has 2 aromatic carbocycles. The summed E-state index contributed by atoms with van der Waals surface area (Å²) in [6.07, 6.45) is 2.56. The zero-order valence-corrected chi connectivity index (χ0v) is 23.4. The van der Waals surface area contributed by atoms with Crippen LogP contribution >= 0.6 is 23.2 Å². The van der Waals surface area contributed by atoms with Gasteiger partial charge in [0.25, 0.3) is 0 Å². The van der Waals surface area contributed by atoms with Crippen LogP contribution < -0.4 is 16.5 Å². The van der Waals surface area contributed by atoms with Gasteiger partial charge in [-0.2, -0.15) is 0 Å². The molecule has 37 heavy (non-hydrogen) atoms. The summed E-state index contributed by atoms with van der Waals surface area (Å²) in [7, 11) is 0. The molecule has 9 heteroatoms. The number of ether oxygens (including phenoxy) is 1. The van der Waals surface area contributed by atoms with Crippen molar-refractivity contribution in [2.45, 2.75) is 77.1 Å². The molecule has 5 unspecified atom stereocenters. The van der Waals surface area contributed by atoms with Crippen molar-refractivity contribution in [3.8, 4) is 0 Å². The van der Waals surface area contributed by atoms with Crippen molar-refractivity contribution in [3.63, 3.8) is 0 Å². The van der Waals surface area contributed by atoms with Crippen molar-refractivity contribution < 1.29 is 14.6 Å². The summed E-state index contributed by atoms with van der Waals surface area (Å²) >= 11 is 12.2. The number of nitrogens with one attached hydrogen (secondary N) is 2. The average molecular weight is 550 g/mol. The van der Waals surface area contributed by atoms with Gasteiger partial charge in [0.2, 0.25) is 18.0 Å². The van der Waals surface area contributed by atoms with Crippen molar-refractivity contribution >= 4 is 35.0 Å². The third-order valence-electron chi connectivity index (χ3n) is 7.70. The molecule has 0 radical (unpaired) electrons. The maximum absolute atomic E-state index is 12.7. The van der Waals surface area contributed by atoms with Gasteiger partial charge in [-0.1, -0.05) is 68.2 Å². The van der Waals surface area contributed by atoms with Crippen LogP contribution in [0, 0.1) is 5.41 Å². The summed E-state index contributed by atoms with van der Waals surface area (Å²) in [6, 6.07) is 15.1. The summed E-state index contributed by atoms with van der Waals surface area (Å²) in [5, 5.41) is 17.8. The van der Waals surface area contributed by atoms with E-state index < -0.39 is 17.2 Å². The van der Waals surface area contributed by atoms with E-state index in [1.165, 1.54) is 0 Å². The molecule has 3 aliphatic rings. The number of aliphatic hydroxyl groups excluding tert-OH is 1. The van der Waals surface area contributed by atoms with Crippen LogP contribution in [0.1, 0.15) is 70.4 Å². The van der Waals surface area contributed by atoms with Gasteiger partial charge >= 0.3 is 0 Å². The van der Waals surface area contributed by atoms with E-state index in [0.29, 0.717) is 17.3 Å². The number of carbonyl (C=O) groups is 1. The molecule has 2 heterocycles. The zero-order chi connectivity index (χ0) is 27.2. The summed E-state index contributed by atoms with van der Waals surface area (Å²) in [5.41, 5.74) is 10.3. The summed E-state index contributed by atoms with van der Waals surface area (Å²) < 4.78 is 5.53. The van der Waals surface area contributed by atoms with Crippen molar-refractivity contribution in [2.24, 2.45) is 16.3 Å². The normalized spacial score (nSPS) is 29.8. The number of hydrogen-bond acceptors (Lipinski definition) is 6. The van der Waals surface area contributed by atoms with Crippen LogP contribution in [0.3, 0.4) is 0 Å². The van der Waals surface area contributed by atoms with Crippen LogP contribution in [0.2, 0.25) is 10.0 Å². The summed E-state index contributed by atoms with van der Waals surface area (Å²) in [5.74, 6) is 0.694. The average Bonchev–Trinajstić information content (AvgIpc) is 3.47. The second kappa shape index (κ2) is 12.5. The third kappa shape index (κ3) is 5.75. The van der Waals surface area contributed by atoms with Crippen LogP contribution in [0.5, 0.6) is 0 Å². The number of nitrogens with zero attached hydrogens (tertiary/aromatic N) is 1. The molecule has 2 aliphatic heterocycles. The van der Waals surface area contributed by atoms with E-state index in [4.69, 9.17) is 38.8 Å². The lowest BCUT2D eigenvalue weighted by Gasteiger charge is -2.49. The highest BCUT2D eigenvalue weighted by atomic mass is 35.5. The second-order valence-electron chi connectivity index (χ2n) is 9.48. The minimum absolute atomic E-state index is 0.0662. The van der Waals surface area contributed by atoms with Crippen LogP contribution in [-0.2, 0) is 9.53 Å². The highest BCUT2D eigenvalue weighted by Gasteiger charge is 2.63. The Morgan fingerprint density at radius 3 is 2.43 bits per heavy atom. The van der Waals surface area contributed by atoms with Gasteiger partial charge < -0.3 is 20.9 Å². The predicted octanol–water partition coefficient (Wildman–Crippen LogP) is 5.19. The number of aliphatic hydroxyl groups is 1. The first-order valence-electron chi connectivity index (χ1n) is 12.9. The van der Waals surface area contributed by atoms with Gasteiger partial charge in [-0.15, -0.1) is 5.10 Å². The molecule has 2 aromatic rings. The number of halogens is 2. The Labute approximate surface area is 229 Å². The number of benzene rings is 2. The molecule has 0 aromatic heterocycles. The van der Waals surface area contributed by atoms with Gasteiger partial charge in [0.15, 0.2) is 0 Å². The van der Waals surface area contributed by atoms with Crippen LogP contribution in [-0.4, -0.2) is 41.3 Å². The van der Waals surface area contributed by atoms with Crippen LogP contribution in [0.25, 0.3) is 0 Å². The van der Waals surface area contributed by atoms with Gasteiger partial charge in [-0.3, -0.25) is 10.2 Å². The van der Waals surface area contributed by atoms with Crippen molar-refractivity contribution in [1.82, 2.24) is 10.7 Å². The van der Waals surface area contributed by atoms with Gasteiger partial charge in [0, 0.05) is 21.7 Å². The fourth-order valence-electron chi connectivity index (χ4n) is 5.60. The molecule has 5 atom stereocenters. The summed E-state index contributed by atoms with van der Waals surface area (Å²) in [4.78, 5) is 12.7. The first-order valence-corrected chi connectivity index (χ1v) is 13.7. The molecule has 1 saturated heterocycles. The summed E-state index contributed by atoms with van der Waals surface area (Å²) in [6.45, 7) is 7.89. The first-order chi connectivity index (χ1) is 17.7. The van der Waals surface area contributed by atoms with E-state index in [2.05, 4.69) is 22.8 Å².